The Morgan fingerprint density at radius 1 is 1.38 bits per heavy atom. The van der Waals surface area contributed by atoms with Gasteiger partial charge in [-0.3, -0.25) is 0 Å². The molecule has 0 aliphatic heterocycles. The zero-order valence-electron chi connectivity index (χ0n) is 12.2. The highest BCUT2D eigenvalue weighted by atomic mass is 32.2. The fourth-order valence-corrected chi connectivity index (χ4v) is 4.41. The maximum absolute atomic E-state index is 12.6. The van der Waals surface area contributed by atoms with Crippen molar-refractivity contribution in [1.29, 1.82) is 0 Å². The van der Waals surface area contributed by atoms with Gasteiger partial charge in [-0.2, -0.15) is 0 Å². The minimum atomic E-state index is -3.99. The Kier molecular flexibility index (Phi) is 4.14. The second-order valence-electron chi connectivity index (χ2n) is 5.31. The minimum Gasteiger partial charge on any atom is -0.465 e. The summed E-state index contributed by atoms with van der Waals surface area (Å²) in [5.41, 5.74) is -0.945. The van der Waals surface area contributed by atoms with Crippen molar-refractivity contribution < 1.29 is 27.5 Å². The van der Waals surface area contributed by atoms with E-state index in [1.165, 1.54) is 21.0 Å². The molecule has 8 heteroatoms. The summed E-state index contributed by atoms with van der Waals surface area (Å²) >= 11 is 0. The smallest absolute Gasteiger partial charge is 0.342 e. The molecule has 1 aliphatic rings. The van der Waals surface area contributed by atoms with Crippen molar-refractivity contribution in [3.8, 4) is 0 Å². The van der Waals surface area contributed by atoms with Crippen LogP contribution in [0.25, 0.3) is 0 Å². The third-order valence-electron chi connectivity index (χ3n) is 3.83. The van der Waals surface area contributed by atoms with Crippen molar-refractivity contribution >= 4 is 16.0 Å². The summed E-state index contributed by atoms with van der Waals surface area (Å²) in [5.74, 6) is -0.462. The van der Waals surface area contributed by atoms with Crippen molar-refractivity contribution in [3.05, 3.63) is 17.1 Å². The Hall–Kier alpha value is -1.38. The Bertz CT molecular complexity index is 651. The Morgan fingerprint density at radius 3 is 2.43 bits per heavy atom. The number of nitrogens with one attached hydrogen (secondary N) is 1. The molecule has 2 rings (SSSR count). The van der Waals surface area contributed by atoms with E-state index in [0.29, 0.717) is 12.8 Å². The Morgan fingerprint density at radius 2 is 2.00 bits per heavy atom. The van der Waals surface area contributed by atoms with Crippen LogP contribution in [-0.2, 0) is 14.8 Å². The van der Waals surface area contributed by atoms with Crippen LogP contribution >= 0.6 is 0 Å². The number of rotatable bonds is 5. The van der Waals surface area contributed by atoms with Crippen LogP contribution in [0.5, 0.6) is 0 Å². The molecular weight excluding hydrogens is 298 g/mol. The topological polar surface area (TPSA) is 106 Å². The van der Waals surface area contributed by atoms with Gasteiger partial charge >= 0.3 is 5.97 Å². The highest BCUT2D eigenvalue weighted by Crippen LogP contribution is 2.35. The maximum Gasteiger partial charge on any atom is 0.342 e. The summed E-state index contributed by atoms with van der Waals surface area (Å²) in [6, 6.07) is 0. The summed E-state index contributed by atoms with van der Waals surface area (Å²) in [4.78, 5) is 11.6. The number of aliphatic hydroxyl groups excluding tert-OH is 1. The monoisotopic (exact) mass is 317 g/mol. The first kappa shape index (κ1) is 16.0. The number of carbonyl (C=O) groups excluding carboxylic acids is 1. The van der Waals surface area contributed by atoms with Crippen LogP contribution in [0.4, 0.5) is 0 Å². The van der Waals surface area contributed by atoms with Crippen molar-refractivity contribution in [1.82, 2.24) is 4.72 Å². The van der Waals surface area contributed by atoms with Crippen molar-refractivity contribution in [2.45, 2.75) is 43.5 Å². The zero-order valence-corrected chi connectivity index (χ0v) is 13.0. The molecule has 0 spiro atoms. The van der Waals surface area contributed by atoms with Crippen LogP contribution in [0.1, 0.15) is 41.1 Å². The molecule has 1 saturated carbocycles. The Balaban J connectivity index is 2.47. The van der Waals surface area contributed by atoms with Crippen LogP contribution in [0.2, 0.25) is 0 Å². The molecule has 7 nitrogen and oxygen atoms in total. The van der Waals surface area contributed by atoms with E-state index in [9.17, 15) is 18.3 Å². The number of ether oxygens (including phenoxy) is 1. The van der Waals surface area contributed by atoms with Crippen molar-refractivity contribution in [3.63, 3.8) is 0 Å². The number of methoxy groups -OCH3 is 1. The number of hydrogen-bond donors (Lipinski definition) is 2. The summed E-state index contributed by atoms with van der Waals surface area (Å²) in [6.45, 7) is 2.69. The van der Waals surface area contributed by atoms with Gasteiger partial charge in [0.25, 0.3) is 0 Å². The molecule has 0 radical (unpaired) electrons. The van der Waals surface area contributed by atoms with Gasteiger partial charge in [0.2, 0.25) is 10.0 Å². The fraction of sp³-hybridized carbons (Fsp3) is 0.615. The van der Waals surface area contributed by atoms with E-state index < -0.39 is 21.5 Å². The van der Waals surface area contributed by atoms with Crippen LogP contribution < -0.4 is 4.72 Å². The molecule has 118 valence electrons. The molecule has 0 unspecified atom stereocenters. The summed E-state index contributed by atoms with van der Waals surface area (Å²) in [7, 11) is -2.82. The predicted molar refractivity (Wildman–Crippen MR) is 73.5 cm³/mol. The molecule has 21 heavy (non-hydrogen) atoms. The molecule has 2 N–H and O–H groups in total. The molecule has 0 atom stereocenters. The molecule has 1 aromatic heterocycles. The lowest BCUT2D eigenvalue weighted by atomic mass is 9.78. The van der Waals surface area contributed by atoms with E-state index in [2.05, 4.69) is 9.46 Å². The zero-order chi connectivity index (χ0) is 15.8. The second kappa shape index (κ2) is 5.43. The van der Waals surface area contributed by atoms with E-state index in [0.717, 1.165) is 6.42 Å². The molecule has 0 aromatic carbocycles. The molecule has 0 bridgehead atoms. The number of aryl methyl sites for hydroxylation is 2. The highest BCUT2D eigenvalue weighted by Gasteiger charge is 2.42. The molecule has 1 aliphatic carbocycles. The Labute approximate surface area is 123 Å². The van der Waals surface area contributed by atoms with Gasteiger partial charge < -0.3 is 14.3 Å². The largest absolute Gasteiger partial charge is 0.465 e. The maximum atomic E-state index is 12.6. The van der Waals surface area contributed by atoms with Gasteiger partial charge in [0, 0.05) is 0 Å². The predicted octanol–water partition coefficient (Wildman–Crippen LogP) is 0.876. The molecular formula is C13H19NO6S. The van der Waals surface area contributed by atoms with Crippen LogP contribution in [0, 0.1) is 13.8 Å². The average molecular weight is 317 g/mol. The first-order chi connectivity index (χ1) is 9.76. The van der Waals surface area contributed by atoms with Gasteiger partial charge in [0.15, 0.2) is 0 Å². The van der Waals surface area contributed by atoms with Crippen LogP contribution in [-0.4, -0.2) is 38.7 Å². The first-order valence-electron chi connectivity index (χ1n) is 6.59. The number of esters is 1. The highest BCUT2D eigenvalue weighted by molar-refractivity contribution is 7.89. The first-order valence-corrected chi connectivity index (χ1v) is 8.08. The van der Waals surface area contributed by atoms with Gasteiger partial charge in [0.05, 0.1) is 19.3 Å². The lowest BCUT2D eigenvalue weighted by Crippen LogP contribution is -2.56. The summed E-state index contributed by atoms with van der Waals surface area (Å²) in [5, 5.41) is 9.40. The molecule has 0 amide bonds. The second-order valence-corrected chi connectivity index (χ2v) is 6.93. The molecule has 0 saturated heterocycles. The third kappa shape index (κ3) is 2.70. The van der Waals surface area contributed by atoms with Crippen LogP contribution in [0.3, 0.4) is 0 Å². The van der Waals surface area contributed by atoms with Crippen LogP contribution in [0.15, 0.2) is 9.31 Å². The molecule has 1 heterocycles. The number of carbonyl (C=O) groups is 1. The van der Waals surface area contributed by atoms with Gasteiger partial charge in [0.1, 0.15) is 22.0 Å². The fourth-order valence-electron chi connectivity index (χ4n) is 2.56. The number of hydrogen-bond acceptors (Lipinski definition) is 6. The summed E-state index contributed by atoms with van der Waals surface area (Å²) < 4.78 is 37.6. The third-order valence-corrected chi connectivity index (χ3v) is 5.56. The number of aliphatic hydroxyl groups is 1. The van der Waals surface area contributed by atoms with Gasteiger partial charge in [-0.25, -0.2) is 17.9 Å². The van der Waals surface area contributed by atoms with E-state index in [-0.39, 0.29) is 28.6 Å². The van der Waals surface area contributed by atoms with Gasteiger partial charge in [-0.1, -0.05) is 0 Å². The number of sulfonamides is 1. The average Bonchev–Trinajstić information content (AvgIpc) is 2.68. The number of furan rings is 1. The standard InChI is InChI=1S/C13H19NO6S/c1-8-10(12(16)19-3)11(9(2)20-8)21(17,18)14-13(7-15)5-4-6-13/h14-15H,4-7H2,1-3H3. The molecule has 1 fully saturated rings. The van der Waals surface area contributed by atoms with E-state index >= 15 is 0 Å². The quantitative estimate of drug-likeness (QED) is 0.781. The van der Waals surface area contributed by atoms with Crippen molar-refractivity contribution in [2.75, 3.05) is 13.7 Å². The van der Waals surface area contributed by atoms with E-state index in [4.69, 9.17) is 4.42 Å². The van der Waals surface area contributed by atoms with E-state index in [1.54, 1.807) is 0 Å². The van der Waals surface area contributed by atoms with Crippen molar-refractivity contribution in [2.24, 2.45) is 0 Å². The lowest BCUT2D eigenvalue weighted by Gasteiger charge is -2.40. The molecule has 1 aromatic rings. The minimum absolute atomic E-state index is 0.102. The van der Waals surface area contributed by atoms with E-state index in [1.807, 2.05) is 0 Å². The van der Waals surface area contributed by atoms with Gasteiger partial charge in [-0.15, -0.1) is 0 Å². The van der Waals surface area contributed by atoms with Gasteiger partial charge in [-0.05, 0) is 33.1 Å². The normalized spacial score (nSPS) is 17.3. The lowest BCUT2D eigenvalue weighted by molar-refractivity contribution is 0.0594. The SMILES string of the molecule is COC(=O)c1c(C)oc(C)c1S(=O)(=O)NC1(CO)CCC1. The summed E-state index contributed by atoms with van der Waals surface area (Å²) in [6.07, 6.45) is 1.97.